The van der Waals surface area contributed by atoms with Crippen molar-refractivity contribution in [1.29, 1.82) is 0 Å². The highest BCUT2D eigenvalue weighted by Gasteiger charge is 2.23. The van der Waals surface area contributed by atoms with Gasteiger partial charge in [-0.3, -0.25) is 9.59 Å². The molecule has 0 saturated heterocycles. The van der Waals surface area contributed by atoms with Crippen LogP contribution in [0.5, 0.6) is 0 Å². The number of hydrogen-bond acceptors (Lipinski definition) is 4. The zero-order chi connectivity index (χ0) is 16.2. The highest BCUT2D eigenvalue weighted by atomic mass is 35.5. The van der Waals surface area contributed by atoms with Crippen molar-refractivity contribution in [3.8, 4) is 0 Å². The van der Waals surface area contributed by atoms with Crippen LogP contribution in [-0.4, -0.2) is 29.5 Å². The van der Waals surface area contributed by atoms with Crippen molar-refractivity contribution in [3.63, 3.8) is 0 Å². The summed E-state index contributed by atoms with van der Waals surface area (Å²) >= 11 is 19.0. The van der Waals surface area contributed by atoms with Gasteiger partial charge in [0.1, 0.15) is 5.25 Å². The minimum atomic E-state index is -0.484. The maximum atomic E-state index is 12.1. The normalized spacial score (nSPS) is 13.4. The molecule has 0 heterocycles. The van der Waals surface area contributed by atoms with Crippen LogP contribution in [0.1, 0.15) is 13.8 Å². The standard InChI is InChI=1S/C13H14Cl3NO3S/c1-6(21-7(2)13(19)20-3)12(18)17-11-9(15)4-8(14)5-10(11)16/h4-7H,1-3H3,(H,17,18). The van der Waals surface area contributed by atoms with Crippen LogP contribution >= 0.6 is 46.6 Å². The van der Waals surface area contributed by atoms with Crippen LogP contribution in [0.2, 0.25) is 15.1 Å². The summed E-state index contributed by atoms with van der Waals surface area (Å²) in [5.41, 5.74) is 0.297. The maximum Gasteiger partial charge on any atom is 0.318 e. The summed E-state index contributed by atoms with van der Waals surface area (Å²) in [6, 6.07) is 2.97. The van der Waals surface area contributed by atoms with Crippen molar-refractivity contribution < 1.29 is 14.3 Å². The van der Waals surface area contributed by atoms with Crippen molar-refractivity contribution in [2.45, 2.75) is 24.3 Å². The van der Waals surface area contributed by atoms with Gasteiger partial charge in [0.05, 0.1) is 28.1 Å². The zero-order valence-electron chi connectivity index (χ0n) is 11.6. The lowest BCUT2D eigenvalue weighted by atomic mass is 10.3. The zero-order valence-corrected chi connectivity index (χ0v) is 14.7. The van der Waals surface area contributed by atoms with Crippen molar-refractivity contribution in [3.05, 3.63) is 27.2 Å². The third kappa shape index (κ3) is 5.25. The molecule has 1 aromatic rings. The van der Waals surface area contributed by atoms with Crippen LogP contribution in [0, 0.1) is 0 Å². The molecule has 1 amide bonds. The predicted octanol–water partition coefficient (Wildman–Crippen LogP) is 4.27. The third-order valence-corrected chi connectivity index (χ3v) is 4.60. The van der Waals surface area contributed by atoms with Gasteiger partial charge in [-0.1, -0.05) is 34.8 Å². The van der Waals surface area contributed by atoms with Crippen molar-refractivity contribution >= 4 is 64.1 Å². The Morgan fingerprint density at radius 1 is 1.14 bits per heavy atom. The fourth-order valence-electron chi connectivity index (χ4n) is 1.48. The average molecular weight is 371 g/mol. The molecule has 0 fully saturated rings. The molecule has 0 aliphatic carbocycles. The Morgan fingerprint density at radius 2 is 1.67 bits per heavy atom. The van der Waals surface area contributed by atoms with Crippen LogP contribution in [0.3, 0.4) is 0 Å². The highest BCUT2D eigenvalue weighted by Crippen LogP contribution is 2.34. The van der Waals surface area contributed by atoms with Gasteiger partial charge < -0.3 is 10.1 Å². The second kappa shape index (κ2) is 8.13. The first-order valence-corrected chi connectivity index (χ1v) is 8.02. The van der Waals surface area contributed by atoms with Gasteiger partial charge in [-0.15, -0.1) is 11.8 Å². The van der Waals surface area contributed by atoms with Gasteiger partial charge in [-0.05, 0) is 26.0 Å². The molecule has 1 N–H and O–H groups in total. The SMILES string of the molecule is COC(=O)C(C)SC(C)C(=O)Nc1c(Cl)cc(Cl)cc1Cl. The molecular weight excluding hydrogens is 357 g/mol. The Balaban J connectivity index is 2.75. The van der Waals surface area contributed by atoms with Crippen molar-refractivity contribution in [2.75, 3.05) is 12.4 Å². The van der Waals surface area contributed by atoms with Gasteiger partial charge in [0, 0.05) is 5.02 Å². The highest BCUT2D eigenvalue weighted by molar-refractivity contribution is 8.01. The topological polar surface area (TPSA) is 55.4 Å². The summed E-state index contributed by atoms with van der Waals surface area (Å²) in [5, 5.41) is 2.57. The molecule has 0 spiro atoms. The number of nitrogens with one attached hydrogen (secondary N) is 1. The van der Waals surface area contributed by atoms with Gasteiger partial charge in [0.25, 0.3) is 0 Å². The van der Waals surface area contributed by atoms with Crippen LogP contribution in [0.15, 0.2) is 12.1 Å². The number of rotatable bonds is 5. The van der Waals surface area contributed by atoms with E-state index in [1.807, 2.05) is 0 Å². The Labute approximate surface area is 142 Å². The summed E-state index contributed by atoms with van der Waals surface area (Å²) < 4.78 is 4.61. The largest absolute Gasteiger partial charge is 0.468 e. The number of benzene rings is 1. The van der Waals surface area contributed by atoms with E-state index in [1.54, 1.807) is 13.8 Å². The maximum absolute atomic E-state index is 12.1. The van der Waals surface area contributed by atoms with Crippen LogP contribution < -0.4 is 5.32 Å². The van der Waals surface area contributed by atoms with Crippen LogP contribution in [0.4, 0.5) is 5.69 Å². The van der Waals surface area contributed by atoms with E-state index in [-0.39, 0.29) is 21.9 Å². The number of methoxy groups -OCH3 is 1. The Morgan fingerprint density at radius 3 is 2.14 bits per heavy atom. The van der Waals surface area contributed by atoms with Crippen LogP contribution in [-0.2, 0) is 14.3 Å². The molecule has 1 aromatic carbocycles. The smallest absolute Gasteiger partial charge is 0.318 e. The van der Waals surface area contributed by atoms with Gasteiger partial charge in [-0.25, -0.2) is 0 Å². The van der Waals surface area contributed by atoms with Crippen molar-refractivity contribution in [2.24, 2.45) is 0 Å². The summed E-state index contributed by atoms with van der Waals surface area (Å²) in [6.07, 6.45) is 0. The molecule has 8 heteroatoms. The number of thioether (sulfide) groups is 1. The molecule has 0 aromatic heterocycles. The molecular formula is C13H14Cl3NO3S. The van der Waals surface area contributed by atoms with E-state index < -0.39 is 10.5 Å². The van der Waals surface area contributed by atoms with Gasteiger partial charge in [0.2, 0.25) is 5.91 Å². The van der Waals surface area contributed by atoms with E-state index in [0.717, 1.165) is 0 Å². The minimum Gasteiger partial charge on any atom is -0.468 e. The predicted molar refractivity (Wildman–Crippen MR) is 88.6 cm³/mol. The third-order valence-electron chi connectivity index (χ3n) is 2.57. The Kier molecular flexibility index (Phi) is 7.13. The number of carbonyl (C=O) groups is 2. The lowest BCUT2D eigenvalue weighted by Crippen LogP contribution is -2.27. The summed E-state index contributed by atoms with van der Waals surface area (Å²) in [5.74, 6) is -0.705. The minimum absolute atomic E-state index is 0.249. The Hall–Kier alpha value is -0.620. The second-order valence-electron chi connectivity index (χ2n) is 4.18. The van der Waals surface area contributed by atoms with E-state index >= 15 is 0 Å². The number of ether oxygens (including phenoxy) is 1. The number of esters is 1. The first kappa shape index (κ1) is 18.4. The van der Waals surface area contributed by atoms with Crippen LogP contribution in [0.25, 0.3) is 0 Å². The molecule has 0 saturated carbocycles. The lowest BCUT2D eigenvalue weighted by Gasteiger charge is -2.16. The summed E-state index contributed by atoms with van der Waals surface area (Å²) in [7, 11) is 1.30. The number of anilines is 1. The number of carbonyl (C=O) groups excluding carboxylic acids is 2. The molecule has 2 atom stereocenters. The van der Waals surface area contributed by atoms with E-state index in [1.165, 1.54) is 31.0 Å². The van der Waals surface area contributed by atoms with E-state index in [0.29, 0.717) is 10.7 Å². The molecule has 2 unspecified atom stereocenters. The lowest BCUT2D eigenvalue weighted by molar-refractivity contribution is -0.139. The first-order valence-electron chi connectivity index (χ1n) is 5.95. The summed E-state index contributed by atoms with van der Waals surface area (Å²) in [4.78, 5) is 23.5. The molecule has 1 rings (SSSR count). The molecule has 116 valence electrons. The van der Waals surface area contributed by atoms with Gasteiger partial charge in [-0.2, -0.15) is 0 Å². The number of amides is 1. The quantitative estimate of drug-likeness (QED) is 0.786. The van der Waals surface area contributed by atoms with Crippen molar-refractivity contribution in [1.82, 2.24) is 0 Å². The molecule has 0 aliphatic heterocycles. The molecule has 0 radical (unpaired) electrons. The molecule has 0 aliphatic rings. The first-order chi connectivity index (χ1) is 9.76. The summed E-state index contributed by atoms with van der Waals surface area (Å²) in [6.45, 7) is 3.35. The monoisotopic (exact) mass is 369 g/mol. The van der Waals surface area contributed by atoms with E-state index in [9.17, 15) is 9.59 Å². The molecule has 21 heavy (non-hydrogen) atoms. The van der Waals surface area contributed by atoms with Gasteiger partial charge in [0.15, 0.2) is 0 Å². The van der Waals surface area contributed by atoms with E-state index in [2.05, 4.69) is 10.1 Å². The fourth-order valence-corrected chi connectivity index (χ4v) is 3.39. The average Bonchev–Trinajstić information content (AvgIpc) is 2.41. The molecule has 0 bridgehead atoms. The van der Waals surface area contributed by atoms with E-state index in [4.69, 9.17) is 34.8 Å². The molecule has 4 nitrogen and oxygen atoms in total. The second-order valence-corrected chi connectivity index (χ2v) is 7.11. The number of hydrogen-bond donors (Lipinski definition) is 1. The fraction of sp³-hybridized carbons (Fsp3) is 0.385. The van der Waals surface area contributed by atoms with Gasteiger partial charge >= 0.3 is 5.97 Å². The Bertz CT molecular complexity index is 530. The number of halogens is 3.